The summed E-state index contributed by atoms with van der Waals surface area (Å²) in [5.74, 6) is -0.435. The monoisotopic (exact) mass is 633 g/mol. The Hall–Kier alpha value is -3.27. The van der Waals surface area contributed by atoms with Crippen LogP contribution >= 0.6 is 23.2 Å². The van der Waals surface area contributed by atoms with Crippen LogP contribution in [0.25, 0.3) is 0 Å². The standard InChI is InChI=1S/C31H37Cl2N3O5S/c1-5-7-19-34-31(38)23(4)35(20-27-28(32)9-8-10-29(27)33)30(37)21-36(24-13-11-22(3)12-14-24)42(39,40)26-17-15-25(16-18-26)41-6-2/h8-18,23H,5-7,19-21H2,1-4H3,(H,34,38)/t23-/m1/s1. The van der Waals surface area contributed by atoms with Gasteiger partial charge in [-0.05, 0) is 75.7 Å². The number of hydrogen-bond donors (Lipinski definition) is 1. The van der Waals surface area contributed by atoms with Gasteiger partial charge >= 0.3 is 0 Å². The highest BCUT2D eigenvalue weighted by atomic mass is 35.5. The SMILES string of the molecule is CCCCNC(=O)[C@@H](C)N(Cc1c(Cl)cccc1Cl)C(=O)CN(c1ccc(C)cc1)S(=O)(=O)c1ccc(OCC)cc1. The van der Waals surface area contributed by atoms with Crippen molar-refractivity contribution in [1.29, 1.82) is 0 Å². The molecule has 0 aromatic heterocycles. The molecule has 0 aliphatic carbocycles. The molecule has 3 rings (SSSR count). The van der Waals surface area contributed by atoms with Gasteiger partial charge in [0.15, 0.2) is 0 Å². The third-order valence-electron chi connectivity index (χ3n) is 6.71. The highest BCUT2D eigenvalue weighted by molar-refractivity contribution is 7.92. The first-order valence-corrected chi connectivity index (χ1v) is 16.0. The number of unbranched alkanes of at least 4 members (excludes halogenated alkanes) is 1. The molecule has 0 fully saturated rings. The van der Waals surface area contributed by atoms with Gasteiger partial charge in [-0.15, -0.1) is 0 Å². The minimum atomic E-state index is -4.20. The average molecular weight is 635 g/mol. The maximum Gasteiger partial charge on any atom is 0.264 e. The molecule has 3 aromatic rings. The zero-order valence-corrected chi connectivity index (χ0v) is 26.6. The Morgan fingerprint density at radius 1 is 0.952 bits per heavy atom. The van der Waals surface area contributed by atoms with Gasteiger partial charge in [-0.25, -0.2) is 8.42 Å². The molecule has 0 unspecified atom stereocenters. The fraction of sp³-hybridized carbons (Fsp3) is 0.355. The number of sulfonamides is 1. The number of rotatable bonds is 14. The Bertz CT molecular complexity index is 1440. The number of carbonyl (C=O) groups is 2. The molecule has 8 nitrogen and oxygen atoms in total. The van der Waals surface area contributed by atoms with E-state index in [0.717, 1.165) is 22.7 Å². The number of benzene rings is 3. The molecule has 0 saturated heterocycles. The van der Waals surface area contributed by atoms with Gasteiger partial charge in [-0.1, -0.05) is 60.3 Å². The summed E-state index contributed by atoms with van der Waals surface area (Å²) < 4.78 is 34.5. The molecule has 1 atom stereocenters. The van der Waals surface area contributed by atoms with E-state index in [4.69, 9.17) is 27.9 Å². The Kier molecular flexibility index (Phi) is 12.1. The molecule has 42 heavy (non-hydrogen) atoms. The molecule has 226 valence electrons. The predicted octanol–water partition coefficient (Wildman–Crippen LogP) is 6.23. The number of nitrogens with zero attached hydrogens (tertiary/aromatic N) is 2. The molecule has 2 amide bonds. The van der Waals surface area contributed by atoms with Crippen molar-refractivity contribution in [1.82, 2.24) is 10.2 Å². The molecule has 0 heterocycles. The summed E-state index contributed by atoms with van der Waals surface area (Å²) in [6.45, 7) is 7.56. The lowest BCUT2D eigenvalue weighted by molar-refractivity contribution is -0.139. The van der Waals surface area contributed by atoms with Crippen molar-refractivity contribution < 1.29 is 22.7 Å². The summed E-state index contributed by atoms with van der Waals surface area (Å²) in [6, 6.07) is 16.9. The topological polar surface area (TPSA) is 96.0 Å². The van der Waals surface area contributed by atoms with Gasteiger partial charge in [-0.2, -0.15) is 0 Å². The number of anilines is 1. The molecule has 0 aliphatic rings. The molecule has 0 bridgehead atoms. The second kappa shape index (κ2) is 15.3. The smallest absolute Gasteiger partial charge is 0.264 e. The first-order chi connectivity index (χ1) is 20.0. The lowest BCUT2D eigenvalue weighted by Gasteiger charge is -2.32. The Morgan fingerprint density at radius 3 is 2.14 bits per heavy atom. The molecular weight excluding hydrogens is 597 g/mol. The fourth-order valence-corrected chi connectivity index (χ4v) is 6.15. The number of hydrogen-bond acceptors (Lipinski definition) is 5. The molecule has 0 spiro atoms. The van der Waals surface area contributed by atoms with Crippen LogP contribution in [0.1, 0.15) is 44.7 Å². The van der Waals surface area contributed by atoms with E-state index in [-0.39, 0.29) is 17.3 Å². The highest BCUT2D eigenvalue weighted by Crippen LogP contribution is 2.29. The van der Waals surface area contributed by atoms with Crippen LogP contribution in [0.5, 0.6) is 5.75 Å². The van der Waals surface area contributed by atoms with E-state index in [9.17, 15) is 18.0 Å². The van der Waals surface area contributed by atoms with Gasteiger partial charge in [0.2, 0.25) is 11.8 Å². The van der Waals surface area contributed by atoms with Crippen LogP contribution in [-0.4, -0.2) is 50.9 Å². The minimum Gasteiger partial charge on any atom is -0.494 e. The van der Waals surface area contributed by atoms with Crippen molar-refractivity contribution in [3.05, 3.63) is 87.9 Å². The second-order valence-electron chi connectivity index (χ2n) is 9.79. The maximum atomic E-state index is 14.0. The summed E-state index contributed by atoms with van der Waals surface area (Å²) >= 11 is 12.9. The summed E-state index contributed by atoms with van der Waals surface area (Å²) in [5.41, 5.74) is 1.69. The summed E-state index contributed by atoms with van der Waals surface area (Å²) in [7, 11) is -4.20. The number of amides is 2. The van der Waals surface area contributed by atoms with Crippen LogP contribution in [0, 0.1) is 6.92 Å². The number of carbonyl (C=O) groups excluding carboxylic acids is 2. The molecule has 0 saturated carbocycles. The highest BCUT2D eigenvalue weighted by Gasteiger charge is 2.33. The summed E-state index contributed by atoms with van der Waals surface area (Å²) in [5, 5.41) is 3.51. The maximum absolute atomic E-state index is 14.0. The van der Waals surface area contributed by atoms with Crippen LogP contribution in [0.15, 0.2) is 71.6 Å². The number of halogens is 2. The quantitative estimate of drug-likeness (QED) is 0.212. The van der Waals surface area contributed by atoms with E-state index in [2.05, 4.69) is 5.32 Å². The van der Waals surface area contributed by atoms with Crippen LogP contribution < -0.4 is 14.4 Å². The molecule has 1 N–H and O–H groups in total. The van der Waals surface area contributed by atoms with Gasteiger partial charge in [0.25, 0.3) is 10.0 Å². The van der Waals surface area contributed by atoms with E-state index in [0.29, 0.717) is 40.2 Å². The number of ether oxygens (including phenoxy) is 1. The lowest BCUT2D eigenvalue weighted by Crippen LogP contribution is -2.51. The summed E-state index contributed by atoms with van der Waals surface area (Å²) in [6.07, 6.45) is 1.67. The van der Waals surface area contributed by atoms with Crippen molar-refractivity contribution in [3.63, 3.8) is 0 Å². The van der Waals surface area contributed by atoms with E-state index in [1.165, 1.54) is 17.0 Å². The minimum absolute atomic E-state index is 0.00890. The summed E-state index contributed by atoms with van der Waals surface area (Å²) in [4.78, 5) is 28.5. The normalized spacial score (nSPS) is 12.0. The zero-order chi connectivity index (χ0) is 30.9. The lowest BCUT2D eigenvalue weighted by atomic mass is 10.1. The third kappa shape index (κ3) is 8.40. The fourth-order valence-electron chi connectivity index (χ4n) is 4.21. The molecular formula is C31H37Cl2N3O5S. The number of aryl methyl sites for hydroxylation is 1. The van der Waals surface area contributed by atoms with Crippen molar-refractivity contribution in [2.45, 2.75) is 58.0 Å². The van der Waals surface area contributed by atoms with Crippen LogP contribution in [0.4, 0.5) is 5.69 Å². The first-order valence-electron chi connectivity index (χ1n) is 13.8. The van der Waals surface area contributed by atoms with Gasteiger partial charge in [0.1, 0.15) is 18.3 Å². The van der Waals surface area contributed by atoms with E-state index >= 15 is 0 Å². The molecule has 0 aliphatic heterocycles. The second-order valence-corrected chi connectivity index (χ2v) is 12.5. The van der Waals surface area contributed by atoms with Crippen LogP contribution in [-0.2, 0) is 26.2 Å². The molecule has 3 aromatic carbocycles. The van der Waals surface area contributed by atoms with Gasteiger partial charge in [0, 0.05) is 28.7 Å². The Balaban J connectivity index is 2.03. The predicted molar refractivity (Wildman–Crippen MR) is 168 cm³/mol. The van der Waals surface area contributed by atoms with Gasteiger partial charge in [-0.3, -0.25) is 13.9 Å². The van der Waals surface area contributed by atoms with E-state index < -0.39 is 28.5 Å². The zero-order valence-electron chi connectivity index (χ0n) is 24.3. The first kappa shape index (κ1) is 33.2. The van der Waals surface area contributed by atoms with Crippen molar-refractivity contribution >= 4 is 50.7 Å². The average Bonchev–Trinajstić information content (AvgIpc) is 2.96. The van der Waals surface area contributed by atoms with Gasteiger partial charge in [0.05, 0.1) is 17.2 Å². The van der Waals surface area contributed by atoms with E-state index in [1.54, 1.807) is 61.5 Å². The van der Waals surface area contributed by atoms with Crippen LogP contribution in [0.3, 0.4) is 0 Å². The van der Waals surface area contributed by atoms with Crippen LogP contribution in [0.2, 0.25) is 10.0 Å². The Labute approximate surface area is 258 Å². The number of nitrogens with one attached hydrogen (secondary N) is 1. The van der Waals surface area contributed by atoms with Crippen molar-refractivity contribution in [2.24, 2.45) is 0 Å². The Morgan fingerprint density at radius 2 is 1.57 bits per heavy atom. The molecule has 11 heteroatoms. The van der Waals surface area contributed by atoms with E-state index in [1.807, 2.05) is 20.8 Å². The van der Waals surface area contributed by atoms with Crippen molar-refractivity contribution in [3.8, 4) is 5.75 Å². The third-order valence-corrected chi connectivity index (χ3v) is 9.21. The molecule has 0 radical (unpaired) electrons. The largest absolute Gasteiger partial charge is 0.494 e. The van der Waals surface area contributed by atoms with Crippen molar-refractivity contribution in [2.75, 3.05) is 24.0 Å². The van der Waals surface area contributed by atoms with Gasteiger partial charge < -0.3 is 15.0 Å².